The van der Waals surface area contributed by atoms with Crippen LogP contribution in [0.2, 0.25) is 0 Å². The van der Waals surface area contributed by atoms with Gasteiger partial charge in [-0.05, 0) is 50.5 Å². The van der Waals surface area contributed by atoms with Crippen LogP contribution in [0.15, 0.2) is 78.9 Å². The fourth-order valence-electron chi connectivity index (χ4n) is 4.98. The maximum absolute atomic E-state index is 13.9. The highest BCUT2D eigenvalue weighted by Gasteiger charge is 2.32. The van der Waals surface area contributed by atoms with Crippen LogP contribution in [-0.2, 0) is 32.6 Å². The lowest BCUT2D eigenvalue weighted by molar-refractivity contribution is -0.142. The zero-order valence-corrected chi connectivity index (χ0v) is 26.1. The van der Waals surface area contributed by atoms with E-state index in [-0.39, 0.29) is 37.7 Å². The Morgan fingerprint density at radius 1 is 0.884 bits per heavy atom. The van der Waals surface area contributed by atoms with Crippen LogP contribution >= 0.6 is 0 Å². The first-order valence-corrected chi connectivity index (χ1v) is 16.3. The Morgan fingerprint density at radius 2 is 1.49 bits per heavy atom. The molecule has 0 saturated carbocycles. The second-order valence-corrected chi connectivity index (χ2v) is 13.6. The van der Waals surface area contributed by atoms with Crippen molar-refractivity contribution < 1.29 is 27.5 Å². The molecule has 2 amide bonds. The van der Waals surface area contributed by atoms with Crippen LogP contribution in [0.1, 0.15) is 44.7 Å². The second kappa shape index (κ2) is 13.9. The maximum Gasteiger partial charge on any atom is 0.243 e. The molecule has 0 fully saturated rings. The van der Waals surface area contributed by atoms with Crippen molar-refractivity contribution in [2.24, 2.45) is 0 Å². The number of carbonyl (C=O) groups excluding carboxylic acids is 2. The molecule has 0 unspecified atom stereocenters. The van der Waals surface area contributed by atoms with E-state index < -0.39 is 21.6 Å². The molecule has 0 radical (unpaired) electrons. The van der Waals surface area contributed by atoms with Crippen LogP contribution in [0, 0.1) is 0 Å². The molecular weight excluding hydrogens is 566 g/mol. The van der Waals surface area contributed by atoms with E-state index in [1.165, 1.54) is 4.31 Å². The summed E-state index contributed by atoms with van der Waals surface area (Å²) in [4.78, 5) is 29.3. The number of carbonyl (C=O) groups is 2. The van der Waals surface area contributed by atoms with Gasteiger partial charge in [0.2, 0.25) is 21.8 Å². The summed E-state index contributed by atoms with van der Waals surface area (Å²) < 4.78 is 38.1. The van der Waals surface area contributed by atoms with Crippen molar-refractivity contribution in [3.05, 3.63) is 90.0 Å². The fourth-order valence-corrected chi connectivity index (χ4v) is 5.94. The molecule has 0 aromatic heterocycles. The van der Waals surface area contributed by atoms with Gasteiger partial charge in [-0.3, -0.25) is 13.9 Å². The molecule has 1 heterocycles. The quantitative estimate of drug-likeness (QED) is 0.324. The van der Waals surface area contributed by atoms with E-state index in [1.54, 1.807) is 23.1 Å². The molecule has 3 aromatic carbocycles. The van der Waals surface area contributed by atoms with Crippen molar-refractivity contribution in [1.29, 1.82) is 0 Å². The van der Waals surface area contributed by atoms with E-state index in [2.05, 4.69) is 5.32 Å². The first-order valence-electron chi connectivity index (χ1n) is 14.5. The van der Waals surface area contributed by atoms with Gasteiger partial charge in [0.1, 0.15) is 19.3 Å². The summed E-state index contributed by atoms with van der Waals surface area (Å²) in [5, 5.41) is 3.06. The van der Waals surface area contributed by atoms with Crippen LogP contribution in [-0.4, -0.2) is 62.7 Å². The molecule has 0 spiro atoms. The molecule has 0 aliphatic carbocycles. The lowest BCUT2D eigenvalue weighted by atomic mass is 10.00. The van der Waals surface area contributed by atoms with Crippen LogP contribution in [0.4, 0.5) is 5.69 Å². The van der Waals surface area contributed by atoms with Crippen molar-refractivity contribution in [3.8, 4) is 11.5 Å². The lowest BCUT2D eigenvalue weighted by Crippen LogP contribution is -2.54. The zero-order chi connectivity index (χ0) is 31.0. The summed E-state index contributed by atoms with van der Waals surface area (Å²) in [5.74, 6) is 0.573. The molecule has 0 saturated heterocycles. The molecular formula is C33H41N3O6S. The highest BCUT2D eigenvalue weighted by molar-refractivity contribution is 7.92. The number of nitrogens with one attached hydrogen (secondary N) is 1. The molecule has 4 rings (SSSR count). The number of sulfonamides is 1. The number of fused-ring (bicyclic) bond motifs is 1. The number of hydrogen-bond acceptors (Lipinski definition) is 6. The third kappa shape index (κ3) is 9.22. The van der Waals surface area contributed by atoms with Crippen LogP contribution in [0.25, 0.3) is 0 Å². The monoisotopic (exact) mass is 607 g/mol. The minimum absolute atomic E-state index is 0.0531. The second-order valence-electron chi connectivity index (χ2n) is 11.7. The summed E-state index contributed by atoms with van der Waals surface area (Å²) in [6.07, 6.45) is 1.79. The minimum Gasteiger partial charge on any atom is -0.486 e. The number of benzene rings is 3. The molecule has 3 aromatic rings. The fraction of sp³-hybridized carbons (Fsp3) is 0.394. The Hall–Kier alpha value is -4.05. The zero-order valence-electron chi connectivity index (χ0n) is 25.3. The van der Waals surface area contributed by atoms with Crippen molar-refractivity contribution in [3.63, 3.8) is 0 Å². The van der Waals surface area contributed by atoms with Gasteiger partial charge in [-0.25, -0.2) is 8.42 Å². The highest BCUT2D eigenvalue weighted by Crippen LogP contribution is 2.34. The van der Waals surface area contributed by atoms with Gasteiger partial charge in [-0.15, -0.1) is 0 Å². The third-order valence-electron chi connectivity index (χ3n) is 6.93. The van der Waals surface area contributed by atoms with Gasteiger partial charge in [0.15, 0.2) is 11.5 Å². The number of hydrogen-bond donors (Lipinski definition) is 1. The van der Waals surface area contributed by atoms with Crippen molar-refractivity contribution >= 4 is 27.5 Å². The van der Waals surface area contributed by atoms with Gasteiger partial charge in [0, 0.05) is 37.5 Å². The summed E-state index contributed by atoms with van der Waals surface area (Å²) >= 11 is 0. The van der Waals surface area contributed by atoms with Gasteiger partial charge in [-0.1, -0.05) is 60.7 Å². The normalized spacial score (nSPS) is 13.6. The molecule has 10 heteroatoms. The molecule has 1 atom stereocenters. The SMILES string of the molecule is CC(C)(C)NC(=O)[C@@H](Cc1ccccc1)N(Cc1ccccc1)C(=O)CCCN(c1ccc2c(c1)OCCO2)S(C)(=O)=O. The van der Waals surface area contributed by atoms with E-state index in [9.17, 15) is 18.0 Å². The number of nitrogens with zero attached hydrogens (tertiary/aromatic N) is 2. The molecule has 1 aliphatic heterocycles. The topological polar surface area (TPSA) is 105 Å². The first kappa shape index (κ1) is 31.9. The van der Waals surface area contributed by atoms with Crippen molar-refractivity contribution in [2.75, 3.05) is 30.3 Å². The van der Waals surface area contributed by atoms with Gasteiger partial charge in [0.05, 0.1) is 11.9 Å². The molecule has 0 bridgehead atoms. The van der Waals surface area contributed by atoms with E-state index in [4.69, 9.17) is 9.47 Å². The predicted octanol–water partition coefficient (Wildman–Crippen LogP) is 4.56. The average Bonchev–Trinajstić information content (AvgIpc) is 2.96. The Bertz CT molecular complexity index is 1490. The minimum atomic E-state index is -3.65. The summed E-state index contributed by atoms with van der Waals surface area (Å²) in [6, 6.07) is 23.4. The summed E-state index contributed by atoms with van der Waals surface area (Å²) in [5.41, 5.74) is 1.77. The number of ether oxygens (including phenoxy) is 2. The van der Waals surface area contributed by atoms with Gasteiger partial charge in [-0.2, -0.15) is 0 Å². The largest absolute Gasteiger partial charge is 0.486 e. The number of anilines is 1. The maximum atomic E-state index is 13.9. The molecule has 1 N–H and O–H groups in total. The standard InChI is InChI=1S/C33H41N3O6S/c1-33(2,3)34-32(38)28(22-25-12-7-5-8-13-25)35(24-26-14-9-6-10-15-26)31(37)16-11-19-36(43(4,39)40)27-17-18-29-30(23-27)42-21-20-41-29/h5-10,12-15,17-18,23,28H,11,16,19-22,24H2,1-4H3,(H,34,38)/t28-/m1/s1. The van der Waals surface area contributed by atoms with Crippen LogP contribution in [0.3, 0.4) is 0 Å². The molecule has 230 valence electrons. The first-order chi connectivity index (χ1) is 20.4. The van der Waals surface area contributed by atoms with Crippen molar-refractivity contribution in [2.45, 2.75) is 58.2 Å². The van der Waals surface area contributed by atoms with Crippen molar-refractivity contribution in [1.82, 2.24) is 10.2 Å². The Labute approximate surface area is 254 Å². The lowest BCUT2D eigenvalue weighted by Gasteiger charge is -2.34. The predicted molar refractivity (Wildman–Crippen MR) is 168 cm³/mol. The Kier molecular flexibility index (Phi) is 10.3. The number of rotatable bonds is 12. The van der Waals surface area contributed by atoms with Gasteiger partial charge in [0.25, 0.3) is 0 Å². The Morgan fingerprint density at radius 3 is 2.09 bits per heavy atom. The Balaban J connectivity index is 1.57. The van der Waals surface area contributed by atoms with E-state index >= 15 is 0 Å². The summed E-state index contributed by atoms with van der Waals surface area (Å²) in [6.45, 7) is 6.87. The number of amides is 2. The average molecular weight is 608 g/mol. The smallest absolute Gasteiger partial charge is 0.243 e. The van der Waals surface area contributed by atoms with Crippen LogP contribution in [0.5, 0.6) is 11.5 Å². The third-order valence-corrected chi connectivity index (χ3v) is 8.13. The van der Waals surface area contributed by atoms with Crippen LogP contribution < -0.4 is 19.1 Å². The molecule has 43 heavy (non-hydrogen) atoms. The molecule has 1 aliphatic rings. The van der Waals surface area contributed by atoms with E-state index in [0.717, 1.165) is 17.4 Å². The van der Waals surface area contributed by atoms with E-state index in [1.807, 2.05) is 81.4 Å². The van der Waals surface area contributed by atoms with E-state index in [0.29, 0.717) is 36.8 Å². The molecule has 9 nitrogen and oxygen atoms in total. The van der Waals surface area contributed by atoms with Gasteiger partial charge >= 0.3 is 0 Å². The summed E-state index contributed by atoms with van der Waals surface area (Å²) in [7, 11) is -3.65. The highest BCUT2D eigenvalue weighted by atomic mass is 32.2. The van der Waals surface area contributed by atoms with Gasteiger partial charge < -0.3 is 19.7 Å².